The summed E-state index contributed by atoms with van der Waals surface area (Å²) in [6, 6.07) is 9.16. The summed E-state index contributed by atoms with van der Waals surface area (Å²) in [5, 5.41) is 3.80. The summed E-state index contributed by atoms with van der Waals surface area (Å²) < 4.78 is 58.6. The number of hydrogen-bond donors (Lipinski definition) is 1. The molecule has 39 heavy (non-hydrogen) atoms. The maximum absolute atomic E-state index is 13.6. The third-order valence-electron chi connectivity index (χ3n) is 6.54. The number of nitrogens with zero attached hydrogens (tertiary/aromatic N) is 5. The van der Waals surface area contributed by atoms with Gasteiger partial charge in [-0.2, -0.15) is 13.2 Å². The van der Waals surface area contributed by atoms with Crippen LogP contribution in [0.2, 0.25) is 0 Å². The van der Waals surface area contributed by atoms with Gasteiger partial charge in [0.1, 0.15) is 35.3 Å². The summed E-state index contributed by atoms with van der Waals surface area (Å²) in [7, 11) is 0. The summed E-state index contributed by atoms with van der Waals surface area (Å²) in [6.45, 7) is 4.29. The highest BCUT2D eigenvalue weighted by molar-refractivity contribution is 5.96. The van der Waals surface area contributed by atoms with Gasteiger partial charge in [-0.05, 0) is 42.3 Å². The molecule has 2 aromatic carbocycles. The lowest BCUT2D eigenvalue weighted by Gasteiger charge is -2.20. The van der Waals surface area contributed by atoms with Crippen LogP contribution in [0.3, 0.4) is 0 Å². The largest absolute Gasteiger partial charge is 0.486 e. The number of amides is 1. The van der Waals surface area contributed by atoms with E-state index >= 15 is 0 Å². The van der Waals surface area contributed by atoms with E-state index in [0.717, 1.165) is 23.5 Å². The first kappa shape index (κ1) is 26.3. The van der Waals surface area contributed by atoms with Gasteiger partial charge < -0.3 is 15.0 Å². The van der Waals surface area contributed by atoms with Gasteiger partial charge in [-0.1, -0.05) is 12.1 Å². The van der Waals surface area contributed by atoms with Crippen LogP contribution in [0, 0.1) is 5.82 Å². The van der Waals surface area contributed by atoms with E-state index < -0.39 is 18.0 Å². The van der Waals surface area contributed by atoms with Crippen LogP contribution >= 0.6 is 0 Å². The number of anilines is 1. The van der Waals surface area contributed by atoms with E-state index in [4.69, 9.17) is 4.74 Å². The second-order valence-corrected chi connectivity index (χ2v) is 9.30. The zero-order chi connectivity index (χ0) is 27.7. The summed E-state index contributed by atoms with van der Waals surface area (Å²) >= 11 is 0. The molecule has 8 nitrogen and oxygen atoms in total. The van der Waals surface area contributed by atoms with Crippen molar-refractivity contribution in [3.05, 3.63) is 72.3 Å². The molecule has 1 saturated heterocycles. The third kappa shape index (κ3) is 5.74. The van der Waals surface area contributed by atoms with Gasteiger partial charge >= 0.3 is 6.18 Å². The van der Waals surface area contributed by atoms with Gasteiger partial charge in [0, 0.05) is 43.2 Å². The first-order chi connectivity index (χ1) is 18.6. The summed E-state index contributed by atoms with van der Waals surface area (Å²) in [5.41, 5.74) is 2.40. The van der Waals surface area contributed by atoms with E-state index in [1.165, 1.54) is 25.4 Å². The predicted molar refractivity (Wildman–Crippen MR) is 135 cm³/mol. The number of rotatable bonds is 6. The van der Waals surface area contributed by atoms with Gasteiger partial charge in [-0.25, -0.2) is 24.3 Å². The number of aromatic nitrogens is 4. The molecule has 1 unspecified atom stereocenters. The summed E-state index contributed by atoms with van der Waals surface area (Å²) in [5.74, 6) is -0.728. The SMILES string of the molecule is CC(=O)N1CC[C@H](Oc2cc(-c3ccc(F)cc3)cc3c(NC(C)c4cnc(C(F)(F)F)nc4)ncnc23)C1. The highest BCUT2D eigenvalue weighted by atomic mass is 19.4. The molecule has 4 aromatic rings. The molecule has 2 atom stereocenters. The zero-order valence-corrected chi connectivity index (χ0v) is 21.0. The Bertz CT molecular complexity index is 1500. The predicted octanol–water partition coefficient (Wildman–Crippen LogP) is 5.42. The topological polar surface area (TPSA) is 93.1 Å². The van der Waals surface area contributed by atoms with Crippen molar-refractivity contribution in [1.29, 1.82) is 0 Å². The molecule has 202 valence electrons. The van der Waals surface area contributed by atoms with Crippen LogP contribution in [0.25, 0.3) is 22.0 Å². The average Bonchev–Trinajstić information content (AvgIpc) is 3.38. The van der Waals surface area contributed by atoms with Crippen molar-refractivity contribution in [3.63, 3.8) is 0 Å². The van der Waals surface area contributed by atoms with E-state index in [9.17, 15) is 22.4 Å². The van der Waals surface area contributed by atoms with Crippen LogP contribution < -0.4 is 10.1 Å². The lowest BCUT2D eigenvalue weighted by atomic mass is 10.0. The van der Waals surface area contributed by atoms with Crippen LogP contribution in [0.5, 0.6) is 5.75 Å². The van der Waals surface area contributed by atoms with E-state index in [1.807, 2.05) is 12.1 Å². The Kier molecular flexibility index (Phi) is 7.02. The molecule has 0 aliphatic carbocycles. The van der Waals surface area contributed by atoms with Crippen molar-refractivity contribution in [3.8, 4) is 16.9 Å². The van der Waals surface area contributed by atoms with Crippen LogP contribution in [-0.4, -0.2) is 49.9 Å². The second-order valence-electron chi connectivity index (χ2n) is 9.30. The molecule has 1 aliphatic heterocycles. The highest BCUT2D eigenvalue weighted by Crippen LogP contribution is 2.36. The Morgan fingerprint density at radius 3 is 2.44 bits per heavy atom. The fourth-order valence-corrected chi connectivity index (χ4v) is 4.44. The Morgan fingerprint density at radius 1 is 1.08 bits per heavy atom. The molecule has 0 spiro atoms. The molecular formula is C27H24F4N6O2. The van der Waals surface area contributed by atoms with Crippen LogP contribution in [0.1, 0.15) is 37.7 Å². The van der Waals surface area contributed by atoms with Gasteiger partial charge in [0.05, 0.1) is 12.6 Å². The summed E-state index contributed by atoms with van der Waals surface area (Å²) in [4.78, 5) is 29.2. The van der Waals surface area contributed by atoms with Crippen molar-refractivity contribution < 1.29 is 27.1 Å². The van der Waals surface area contributed by atoms with Crippen molar-refractivity contribution >= 4 is 22.6 Å². The number of alkyl halides is 3. The number of nitrogens with one attached hydrogen (secondary N) is 1. The van der Waals surface area contributed by atoms with Gasteiger partial charge in [0.15, 0.2) is 0 Å². The first-order valence-corrected chi connectivity index (χ1v) is 12.2. The number of benzene rings is 2. The molecule has 2 aromatic heterocycles. The lowest BCUT2D eigenvalue weighted by molar-refractivity contribution is -0.145. The summed E-state index contributed by atoms with van der Waals surface area (Å²) in [6.07, 6.45) is -0.613. The molecule has 5 rings (SSSR count). The second kappa shape index (κ2) is 10.4. The fraction of sp³-hybridized carbons (Fsp3) is 0.296. The highest BCUT2D eigenvalue weighted by Gasteiger charge is 2.34. The Hall–Kier alpha value is -4.35. The molecule has 1 N–H and O–H groups in total. The van der Waals surface area contributed by atoms with Gasteiger partial charge in [0.25, 0.3) is 0 Å². The molecule has 3 heterocycles. The Balaban J connectivity index is 1.52. The third-order valence-corrected chi connectivity index (χ3v) is 6.54. The minimum Gasteiger partial charge on any atom is -0.486 e. The van der Waals surface area contributed by atoms with Crippen molar-refractivity contribution in [2.24, 2.45) is 0 Å². The minimum absolute atomic E-state index is 0.0268. The molecule has 12 heteroatoms. The van der Waals surface area contributed by atoms with Crippen molar-refractivity contribution in [2.75, 3.05) is 18.4 Å². The Labute approximate surface area is 221 Å². The standard InChI is InChI=1S/C27H24F4N6O2/c1-15(19-11-32-26(33-12-19)27(29,30)31)36-25-22-9-18(17-3-5-20(28)6-4-17)10-23(24(22)34-14-35-25)39-21-7-8-37(13-21)16(2)38/h3-6,9-12,14-15,21H,7-8,13H2,1-2H3,(H,34,35,36)/t15?,21-/m0/s1. The molecule has 0 radical (unpaired) electrons. The number of ether oxygens (including phenoxy) is 1. The van der Waals surface area contributed by atoms with Crippen molar-refractivity contribution in [1.82, 2.24) is 24.8 Å². The maximum atomic E-state index is 13.6. The molecule has 1 fully saturated rings. The first-order valence-electron chi connectivity index (χ1n) is 12.2. The van der Waals surface area contributed by atoms with Crippen molar-refractivity contribution in [2.45, 2.75) is 38.6 Å². The fourth-order valence-electron chi connectivity index (χ4n) is 4.44. The number of halogens is 4. The number of likely N-dealkylation sites (tertiary alicyclic amines) is 1. The van der Waals surface area contributed by atoms with E-state index in [0.29, 0.717) is 47.5 Å². The van der Waals surface area contributed by atoms with E-state index in [-0.39, 0.29) is 17.8 Å². The maximum Gasteiger partial charge on any atom is 0.451 e. The lowest BCUT2D eigenvalue weighted by Crippen LogP contribution is -2.28. The zero-order valence-electron chi connectivity index (χ0n) is 21.0. The average molecular weight is 541 g/mol. The normalized spacial score (nSPS) is 16.4. The van der Waals surface area contributed by atoms with Crippen LogP contribution in [-0.2, 0) is 11.0 Å². The van der Waals surface area contributed by atoms with E-state index in [2.05, 4.69) is 25.3 Å². The molecule has 1 amide bonds. The number of hydrogen-bond acceptors (Lipinski definition) is 7. The Morgan fingerprint density at radius 2 is 1.79 bits per heavy atom. The van der Waals surface area contributed by atoms with Crippen LogP contribution in [0.4, 0.5) is 23.4 Å². The molecule has 0 saturated carbocycles. The van der Waals surface area contributed by atoms with Crippen LogP contribution in [0.15, 0.2) is 55.1 Å². The molecule has 0 bridgehead atoms. The monoisotopic (exact) mass is 540 g/mol. The number of carbonyl (C=O) groups excluding carboxylic acids is 1. The number of fused-ring (bicyclic) bond motifs is 1. The smallest absolute Gasteiger partial charge is 0.451 e. The minimum atomic E-state index is -4.63. The van der Waals surface area contributed by atoms with Gasteiger partial charge in [-0.3, -0.25) is 4.79 Å². The quantitative estimate of drug-likeness (QED) is 0.327. The molecule has 1 aliphatic rings. The van der Waals surface area contributed by atoms with Gasteiger partial charge in [-0.15, -0.1) is 0 Å². The number of carbonyl (C=O) groups is 1. The van der Waals surface area contributed by atoms with Gasteiger partial charge in [0.2, 0.25) is 11.7 Å². The van der Waals surface area contributed by atoms with E-state index in [1.54, 1.807) is 24.0 Å². The molecular weight excluding hydrogens is 516 g/mol.